The molecule has 2 aromatic rings. The number of hydrogen-bond acceptors (Lipinski definition) is 4. The fourth-order valence-electron chi connectivity index (χ4n) is 1.30. The first-order chi connectivity index (χ1) is 7.65. The van der Waals surface area contributed by atoms with Crippen LogP contribution < -0.4 is 5.73 Å². The van der Waals surface area contributed by atoms with Crippen molar-refractivity contribution in [2.45, 2.75) is 6.42 Å². The predicted octanol–water partition coefficient (Wildman–Crippen LogP) is 1.84. The highest BCUT2D eigenvalue weighted by Gasteiger charge is 2.06. The number of halogens is 2. The van der Waals surface area contributed by atoms with Crippen LogP contribution in [-0.4, -0.2) is 15.0 Å². The van der Waals surface area contributed by atoms with Crippen LogP contribution in [-0.2, 0) is 6.42 Å². The van der Waals surface area contributed by atoms with Gasteiger partial charge in [0.15, 0.2) is 0 Å². The molecule has 0 amide bonds. The summed E-state index contributed by atoms with van der Waals surface area (Å²) in [5.41, 5.74) is 5.90. The lowest BCUT2D eigenvalue weighted by molar-refractivity contribution is 0.612. The number of benzene rings is 1. The summed E-state index contributed by atoms with van der Waals surface area (Å²) in [5.74, 6) is 0.0755. The third kappa shape index (κ3) is 2.43. The second-order valence-corrected chi connectivity index (χ2v) is 3.49. The Hall–Kier alpha value is -1.75. The fraction of sp³-hybridized carbons (Fsp3) is 0.100. The largest absolute Gasteiger partial charge is 0.368 e. The lowest BCUT2D eigenvalue weighted by Gasteiger charge is -2.02. The SMILES string of the molecule is Nc1nc(Cl)nc(Cc2ccccc2F)n1. The van der Waals surface area contributed by atoms with E-state index in [1.165, 1.54) is 6.07 Å². The van der Waals surface area contributed by atoms with Crippen molar-refractivity contribution < 1.29 is 4.39 Å². The summed E-state index contributed by atoms with van der Waals surface area (Å²) < 4.78 is 13.3. The second kappa shape index (κ2) is 4.40. The monoisotopic (exact) mass is 238 g/mol. The molecule has 1 heterocycles. The molecule has 16 heavy (non-hydrogen) atoms. The molecule has 0 bridgehead atoms. The minimum absolute atomic E-state index is 0.0128. The average Bonchev–Trinajstić information content (AvgIpc) is 2.20. The van der Waals surface area contributed by atoms with Gasteiger partial charge in [0, 0.05) is 6.42 Å². The fourth-order valence-corrected chi connectivity index (χ4v) is 1.48. The first kappa shape index (κ1) is 10.8. The minimum Gasteiger partial charge on any atom is -0.368 e. The summed E-state index contributed by atoms with van der Waals surface area (Å²) in [5, 5.41) is 0.0128. The van der Waals surface area contributed by atoms with Crippen LogP contribution in [0.2, 0.25) is 5.28 Å². The molecule has 1 aromatic heterocycles. The van der Waals surface area contributed by atoms with Crippen LogP contribution in [0.15, 0.2) is 24.3 Å². The van der Waals surface area contributed by atoms with Crippen LogP contribution in [0.4, 0.5) is 10.3 Å². The van der Waals surface area contributed by atoms with Crippen LogP contribution >= 0.6 is 11.6 Å². The van der Waals surface area contributed by atoms with E-state index in [9.17, 15) is 4.39 Å². The summed E-state index contributed by atoms with van der Waals surface area (Å²) in [6, 6.07) is 6.39. The molecule has 0 fully saturated rings. The molecule has 0 aliphatic heterocycles. The van der Waals surface area contributed by atoms with Crippen molar-refractivity contribution >= 4 is 17.5 Å². The molecule has 1 aromatic carbocycles. The van der Waals surface area contributed by atoms with Crippen molar-refractivity contribution in [1.29, 1.82) is 0 Å². The Morgan fingerprint density at radius 1 is 1.19 bits per heavy atom. The summed E-state index contributed by atoms with van der Waals surface area (Å²) in [6.45, 7) is 0. The van der Waals surface area contributed by atoms with Gasteiger partial charge in [-0.2, -0.15) is 9.97 Å². The van der Waals surface area contributed by atoms with Gasteiger partial charge < -0.3 is 5.73 Å². The van der Waals surface area contributed by atoms with Gasteiger partial charge in [-0.3, -0.25) is 0 Å². The van der Waals surface area contributed by atoms with E-state index in [-0.39, 0.29) is 23.5 Å². The van der Waals surface area contributed by atoms with E-state index in [0.29, 0.717) is 11.4 Å². The molecule has 0 radical (unpaired) electrons. The van der Waals surface area contributed by atoms with Crippen molar-refractivity contribution in [1.82, 2.24) is 15.0 Å². The standard InChI is InChI=1S/C10H8ClFN4/c11-9-14-8(15-10(13)16-9)5-6-3-1-2-4-7(6)12/h1-4H,5H2,(H2,13,14,15,16). The summed E-state index contributed by atoms with van der Waals surface area (Å²) in [4.78, 5) is 11.4. The zero-order valence-electron chi connectivity index (χ0n) is 8.19. The van der Waals surface area contributed by atoms with Crippen LogP contribution in [0.25, 0.3) is 0 Å². The predicted molar refractivity (Wildman–Crippen MR) is 58.5 cm³/mol. The molecule has 2 N–H and O–H groups in total. The molecule has 0 spiro atoms. The molecule has 0 unspecified atom stereocenters. The Morgan fingerprint density at radius 2 is 1.94 bits per heavy atom. The minimum atomic E-state index is -0.308. The lowest BCUT2D eigenvalue weighted by Crippen LogP contribution is -2.04. The third-order valence-electron chi connectivity index (χ3n) is 1.98. The Kier molecular flexibility index (Phi) is 2.96. The van der Waals surface area contributed by atoms with E-state index in [1.54, 1.807) is 18.2 Å². The molecule has 2 rings (SSSR count). The second-order valence-electron chi connectivity index (χ2n) is 3.15. The third-order valence-corrected chi connectivity index (χ3v) is 2.15. The van der Waals surface area contributed by atoms with Gasteiger partial charge in [0.05, 0.1) is 0 Å². The van der Waals surface area contributed by atoms with Gasteiger partial charge in [0.1, 0.15) is 11.6 Å². The molecule has 0 saturated carbocycles. The molecular weight excluding hydrogens is 231 g/mol. The van der Waals surface area contributed by atoms with Gasteiger partial charge in [-0.25, -0.2) is 9.37 Å². The maximum atomic E-state index is 13.3. The van der Waals surface area contributed by atoms with Crippen molar-refractivity contribution in [2.75, 3.05) is 5.73 Å². The number of hydrogen-bond donors (Lipinski definition) is 1. The van der Waals surface area contributed by atoms with Crippen molar-refractivity contribution in [3.05, 3.63) is 46.8 Å². The number of rotatable bonds is 2. The summed E-state index contributed by atoms with van der Waals surface area (Å²) >= 11 is 5.62. The van der Waals surface area contributed by atoms with Crippen molar-refractivity contribution in [3.8, 4) is 0 Å². The van der Waals surface area contributed by atoms with Crippen LogP contribution in [0.5, 0.6) is 0 Å². The zero-order valence-corrected chi connectivity index (χ0v) is 8.95. The number of aromatic nitrogens is 3. The van der Waals surface area contributed by atoms with Crippen LogP contribution in [0, 0.1) is 5.82 Å². The molecule has 4 nitrogen and oxygen atoms in total. The maximum Gasteiger partial charge on any atom is 0.227 e. The van der Waals surface area contributed by atoms with Crippen LogP contribution in [0.3, 0.4) is 0 Å². The Morgan fingerprint density at radius 3 is 2.62 bits per heavy atom. The molecule has 0 saturated heterocycles. The Bertz CT molecular complexity index is 498. The first-order valence-electron chi connectivity index (χ1n) is 4.54. The smallest absolute Gasteiger partial charge is 0.227 e. The summed E-state index contributed by atoms with van der Waals surface area (Å²) in [6.07, 6.45) is 0.235. The van der Waals surface area contributed by atoms with E-state index in [4.69, 9.17) is 17.3 Å². The first-order valence-corrected chi connectivity index (χ1v) is 4.92. The highest BCUT2D eigenvalue weighted by Crippen LogP contribution is 2.12. The van der Waals surface area contributed by atoms with Gasteiger partial charge >= 0.3 is 0 Å². The number of nitrogens with zero attached hydrogens (tertiary/aromatic N) is 3. The Balaban J connectivity index is 2.30. The van der Waals surface area contributed by atoms with Crippen LogP contribution in [0.1, 0.15) is 11.4 Å². The van der Waals surface area contributed by atoms with E-state index < -0.39 is 0 Å². The molecule has 82 valence electrons. The van der Waals surface area contributed by atoms with Crippen molar-refractivity contribution in [2.24, 2.45) is 0 Å². The van der Waals surface area contributed by atoms with E-state index in [0.717, 1.165) is 0 Å². The quantitative estimate of drug-likeness (QED) is 0.867. The number of anilines is 1. The molecule has 0 aliphatic carbocycles. The lowest BCUT2D eigenvalue weighted by atomic mass is 10.1. The van der Waals surface area contributed by atoms with E-state index in [2.05, 4.69) is 15.0 Å². The molecule has 0 aliphatic rings. The molecule has 0 atom stereocenters. The zero-order chi connectivity index (χ0) is 11.5. The summed E-state index contributed by atoms with van der Waals surface area (Å²) in [7, 11) is 0. The van der Waals surface area contributed by atoms with Gasteiger partial charge in [-0.15, -0.1) is 0 Å². The topological polar surface area (TPSA) is 64.7 Å². The van der Waals surface area contributed by atoms with E-state index >= 15 is 0 Å². The Labute approximate surface area is 96.3 Å². The highest BCUT2D eigenvalue weighted by molar-refractivity contribution is 6.28. The average molecular weight is 239 g/mol. The normalized spacial score (nSPS) is 10.4. The van der Waals surface area contributed by atoms with Gasteiger partial charge in [0.2, 0.25) is 11.2 Å². The number of nitrogen functional groups attached to an aromatic ring is 1. The van der Waals surface area contributed by atoms with Gasteiger partial charge in [-0.1, -0.05) is 18.2 Å². The molecular formula is C10H8ClFN4. The van der Waals surface area contributed by atoms with Crippen molar-refractivity contribution in [3.63, 3.8) is 0 Å². The maximum absolute atomic E-state index is 13.3. The molecule has 6 heteroatoms. The number of nitrogens with two attached hydrogens (primary N) is 1. The van der Waals surface area contributed by atoms with E-state index in [1.807, 2.05) is 0 Å². The van der Waals surface area contributed by atoms with Gasteiger partial charge in [0.25, 0.3) is 0 Å². The highest BCUT2D eigenvalue weighted by atomic mass is 35.5. The van der Waals surface area contributed by atoms with Gasteiger partial charge in [-0.05, 0) is 23.2 Å².